The van der Waals surface area contributed by atoms with Crippen molar-refractivity contribution in [3.8, 4) is 5.75 Å². The van der Waals surface area contributed by atoms with Gasteiger partial charge in [-0.15, -0.1) is 23.5 Å². The Morgan fingerprint density at radius 1 is 1.15 bits per heavy atom. The zero-order valence-electron chi connectivity index (χ0n) is 15.2. The summed E-state index contributed by atoms with van der Waals surface area (Å²) < 4.78 is 6.07. The second-order valence-electron chi connectivity index (χ2n) is 6.61. The van der Waals surface area contributed by atoms with Crippen molar-refractivity contribution in [3.05, 3.63) is 59.7 Å². The van der Waals surface area contributed by atoms with Gasteiger partial charge in [0.15, 0.2) is 6.61 Å². The van der Waals surface area contributed by atoms with Crippen molar-refractivity contribution in [2.45, 2.75) is 30.8 Å². The molecule has 3 rings (SSSR count). The minimum absolute atomic E-state index is 0.0121. The van der Waals surface area contributed by atoms with Crippen LogP contribution in [0.15, 0.2) is 48.5 Å². The quantitative estimate of drug-likeness (QED) is 0.690. The summed E-state index contributed by atoms with van der Waals surface area (Å²) >= 11 is 3.96. The molecule has 1 fully saturated rings. The number of hydrogen-bond acceptors (Lipinski definition) is 4. The van der Waals surface area contributed by atoms with E-state index in [0.29, 0.717) is 16.2 Å². The molecule has 1 saturated heterocycles. The molecule has 0 saturated carbocycles. The number of ether oxygens (including phenoxy) is 1. The van der Waals surface area contributed by atoms with Gasteiger partial charge in [-0.1, -0.05) is 38.1 Å². The number of amides is 1. The molecule has 1 N–H and O–H groups in total. The molecule has 5 heteroatoms. The van der Waals surface area contributed by atoms with E-state index in [1.165, 1.54) is 29.1 Å². The highest BCUT2D eigenvalue weighted by Gasteiger charge is 2.17. The number of anilines is 1. The summed E-state index contributed by atoms with van der Waals surface area (Å²) in [5, 5.41) is 2.94. The van der Waals surface area contributed by atoms with Crippen molar-refractivity contribution in [1.82, 2.24) is 0 Å². The molecule has 0 aliphatic carbocycles. The zero-order valence-corrected chi connectivity index (χ0v) is 16.9. The fourth-order valence-electron chi connectivity index (χ4n) is 2.74. The van der Waals surface area contributed by atoms with E-state index in [4.69, 9.17) is 4.74 Å². The molecule has 138 valence electrons. The van der Waals surface area contributed by atoms with Crippen molar-refractivity contribution in [1.29, 1.82) is 0 Å². The predicted octanol–water partition coefficient (Wildman–Crippen LogP) is 5.70. The lowest BCUT2D eigenvalue weighted by atomic mass is 10.0. The van der Waals surface area contributed by atoms with E-state index in [1.807, 2.05) is 59.9 Å². The standard InChI is InChI=1S/C21H25NO2S2/c1-15(2)16-7-9-19(10-8-16)24-14-20(23)22-18-6-3-5-17(13-18)21-25-11-4-12-26-21/h3,5-10,13,15,21H,4,11-12,14H2,1-2H3,(H,22,23). The third-order valence-corrected chi connectivity index (χ3v) is 7.20. The first-order chi connectivity index (χ1) is 12.6. The molecule has 0 aromatic heterocycles. The van der Waals surface area contributed by atoms with E-state index in [0.717, 1.165) is 5.69 Å². The molecule has 0 radical (unpaired) electrons. The summed E-state index contributed by atoms with van der Waals surface area (Å²) in [6.07, 6.45) is 1.28. The Bertz CT molecular complexity index is 725. The van der Waals surface area contributed by atoms with Gasteiger partial charge in [-0.3, -0.25) is 4.79 Å². The van der Waals surface area contributed by atoms with Crippen molar-refractivity contribution < 1.29 is 9.53 Å². The van der Waals surface area contributed by atoms with Crippen LogP contribution in [0.25, 0.3) is 0 Å². The predicted molar refractivity (Wildman–Crippen MR) is 113 cm³/mol. The molecule has 3 nitrogen and oxygen atoms in total. The summed E-state index contributed by atoms with van der Waals surface area (Å²) in [6.45, 7) is 4.32. The maximum atomic E-state index is 12.2. The van der Waals surface area contributed by atoms with Gasteiger partial charge in [0.2, 0.25) is 0 Å². The summed E-state index contributed by atoms with van der Waals surface area (Å²) in [7, 11) is 0. The number of benzene rings is 2. The Hall–Kier alpha value is -1.59. The van der Waals surface area contributed by atoms with E-state index in [1.54, 1.807) is 0 Å². The molecule has 2 aromatic rings. The summed E-state index contributed by atoms with van der Waals surface area (Å²) in [4.78, 5) is 12.2. The van der Waals surface area contributed by atoms with Crippen LogP contribution in [-0.4, -0.2) is 24.0 Å². The molecule has 1 amide bonds. The highest BCUT2D eigenvalue weighted by molar-refractivity contribution is 8.16. The molecule has 26 heavy (non-hydrogen) atoms. The van der Waals surface area contributed by atoms with Gasteiger partial charge in [0.1, 0.15) is 5.75 Å². The van der Waals surface area contributed by atoms with Crippen molar-refractivity contribution in [2.24, 2.45) is 0 Å². The molecular weight excluding hydrogens is 362 g/mol. The van der Waals surface area contributed by atoms with Gasteiger partial charge in [0, 0.05) is 5.69 Å². The number of carbonyl (C=O) groups is 1. The maximum absolute atomic E-state index is 12.2. The minimum Gasteiger partial charge on any atom is -0.484 e. The summed E-state index contributed by atoms with van der Waals surface area (Å²) in [5.41, 5.74) is 3.36. The van der Waals surface area contributed by atoms with Crippen molar-refractivity contribution in [3.63, 3.8) is 0 Å². The SMILES string of the molecule is CC(C)c1ccc(OCC(=O)Nc2cccc(C3SCCCS3)c2)cc1. The Morgan fingerprint density at radius 2 is 1.88 bits per heavy atom. The molecule has 0 spiro atoms. The van der Waals surface area contributed by atoms with Crippen LogP contribution >= 0.6 is 23.5 Å². The van der Waals surface area contributed by atoms with Crippen molar-refractivity contribution in [2.75, 3.05) is 23.4 Å². The van der Waals surface area contributed by atoms with Crippen LogP contribution in [0.5, 0.6) is 5.75 Å². The summed E-state index contributed by atoms with van der Waals surface area (Å²) in [6, 6.07) is 16.1. The smallest absolute Gasteiger partial charge is 0.262 e. The number of rotatable bonds is 6. The molecule has 1 aliphatic rings. The monoisotopic (exact) mass is 387 g/mol. The third-order valence-electron chi connectivity index (χ3n) is 4.19. The molecule has 0 bridgehead atoms. The largest absolute Gasteiger partial charge is 0.484 e. The van der Waals surface area contributed by atoms with E-state index >= 15 is 0 Å². The number of hydrogen-bond donors (Lipinski definition) is 1. The Labute approximate surface area is 164 Å². The fourth-order valence-corrected chi connectivity index (χ4v) is 5.61. The number of thioether (sulfide) groups is 2. The minimum atomic E-state index is -0.140. The average Bonchev–Trinajstić information content (AvgIpc) is 2.67. The van der Waals surface area contributed by atoms with E-state index in [-0.39, 0.29) is 12.5 Å². The number of nitrogens with one attached hydrogen (secondary N) is 1. The Morgan fingerprint density at radius 3 is 2.58 bits per heavy atom. The van der Waals surface area contributed by atoms with Crippen LogP contribution in [-0.2, 0) is 4.79 Å². The fraction of sp³-hybridized carbons (Fsp3) is 0.381. The first kappa shape index (κ1) is 19.2. The van der Waals surface area contributed by atoms with Crippen molar-refractivity contribution >= 4 is 35.1 Å². The molecule has 0 atom stereocenters. The van der Waals surface area contributed by atoms with Gasteiger partial charge in [0.25, 0.3) is 5.91 Å². The first-order valence-electron chi connectivity index (χ1n) is 8.97. The lowest BCUT2D eigenvalue weighted by Gasteiger charge is -2.21. The van der Waals surface area contributed by atoms with Gasteiger partial charge >= 0.3 is 0 Å². The van der Waals surface area contributed by atoms with Gasteiger partial charge in [-0.25, -0.2) is 0 Å². The van der Waals surface area contributed by atoms with E-state index in [2.05, 4.69) is 31.3 Å². The molecule has 0 unspecified atom stereocenters. The van der Waals surface area contributed by atoms with Crippen LogP contribution in [0.4, 0.5) is 5.69 Å². The lowest BCUT2D eigenvalue weighted by Crippen LogP contribution is -2.20. The second kappa shape index (κ2) is 9.38. The second-order valence-corrected chi connectivity index (χ2v) is 9.34. The zero-order chi connectivity index (χ0) is 18.4. The maximum Gasteiger partial charge on any atom is 0.262 e. The van der Waals surface area contributed by atoms with Crippen LogP contribution in [0.1, 0.15) is 41.9 Å². The van der Waals surface area contributed by atoms with Gasteiger partial charge in [-0.05, 0) is 59.2 Å². The topological polar surface area (TPSA) is 38.3 Å². The van der Waals surface area contributed by atoms with E-state index in [9.17, 15) is 4.79 Å². The molecule has 2 aromatic carbocycles. The Balaban J connectivity index is 1.53. The van der Waals surface area contributed by atoms with Gasteiger partial charge < -0.3 is 10.1 Å². The first-order valence-corrected chi connectivity index (χ1v) is 11.1. The highest BCUT2D eigenvalue weighted by Crippen LogP contribution is 2.44. The molecular formula is C21H25NO2S2. The Kier molecular flexibility index (Phi) is 6.92. The average molecular weight is 388 g/mol. The normalized spacial score (nSPS) is 15.0. The van der Waals surface area contributed by atoms with Crippen LogP contribution in [0.3, 0.4) is 0 Å². The lowest BCUT2D eigenvalue weighted by molar-refractivity contribution is -0.118. The molecule has 1 heterocycles. The van der Waals surface area contributed by atoms with E-state index < -0.39 is 0 Å². The van der Waals surface area contributed by atoms with Crippen LogP contribution < -0.4 is 10.1 Å². The number of carbonyl (C=O) groups excluding carboxylic acids is 1. The van der Waals surface area contributed by atoms with Gasteiger partial charge in [-0.2, -0.15) is 0 Å². The summed E-state index contributed by atoms with van der Waals surface area (Å²) in [5.74, 6) is 3.47. The van der Waals surface area contributed by atoms with Crippen LogP contribution in [0, 0.1) is 0 Å². The van der Waals surface area contributed by atoms with Crippen LogP contribution in [0.2, 0.25) is 0 Å². The molecule has 1 aliphatic heterocycles. The third kappa shape index (κ3) is 5.45. The highest BCUT2D eigenvalue weighted by atomic mass is 32.2. The van der Waals surface area contributed by atoms with Gasteiger partial charge in [0.05, 0.1) is 4.58 Å².